The summed E-state index contributed by atoms with van der Waals surface area (Å²) in [6.07, 6.45) is 0. The van der Waals surface area contributed by atoms with Crippen molar-refractivity contribution in [1.29, 1.82) is 0 Å². The van der Waals surface area contributed by atoms with Crippen LogP contribution in [0.15, 0.2) is 0 Å². The Bertz CT molecular complexity index is 266. The van der Waals surface area contributed by atoms with E-state index in [1.807, 2.05) is 0 Å². The molecule has 4 nitrogen and oxygen atoms in total. The fraction of sp³-hybridized carbons (Fsp3) is 0.429. The number of halogens is 1. The minimum atomic E-state index is -0.675. The Kier molecular flexibility index (Phi) is 2.42. The third kappa shape index (κ3) is 1.44. The van der Waals surface area contributed by atoms with Gasteiger partial charge in [-0.2, -0.15) is 14.4 Å². The van der Waals surface area contributed by atoms with Gasteiger partial charge < -0.3 is 9.47 Å². The summed E-state index contributed by atoms with van der Waals surface area (Å²) in [6.45, 7) is 1.63. The molecule has 0 aliphatic rings. The fourth-order valence-electron chi connectivity index (χ4n) is 0.779. The quantitative estimate of drug-likeness (QED) is 0.666. The molecular formula is C7H9FN2O2. The lowest BCUT2D eigenvalue weighted by molar-refractivity contribution is 0.325. The molecule has 0 aliphatic heterocycles. The molecule has 1 aromatic rings. The first-order valence-corrected chi connectivity index (χ1v) is 3.31. The average molecular weight is 172 g/mol. The predicted octanol–water partition coefficient (Wildman–Crippen LogP) is 0.941. The molecule has 1 rings (SSSR count). The summed E-state index contributed by atoms with van der Waals surface area (Å²) in [6, 6.07) is 0. The lowest BCUT2D eigenvalue weighted by atomic mass is 10.5. The van der Waals surface area contributed by atoms with Crippen molar-refractivity contribution in [3.05, 3.63) is 11.6 Å². The summed E-state index contributed by atoms with van der Waals surface area (Å²) in [5.74, 6) is -0.464. The maximum Gasteiger partial charge on any atom is 0.257 e. The van der Waals surface area contributed by atoms with Crippen molar-refractivity contribution in [3.63, 3.8) is 0 Å². The number of nitrogens with zero attached hydrogens (tertiary/aromatic N) is 2. The first-order valence-electron chi connectivity index (χ1n) is 3.31. The van der Waals surface area contributed by atoms with Crippen LogP contribution in [0.5, 0.6) is 11.8 Å². The topological polar surface area (TPSA) is 44.2 Å². The van der Waals surface area contributed by atoms with E-state index in [4.69, 9.17) is 0 Å². The van der Waals surface area contributed by atoms with Crippen LogP contribution in [-0.2, 0) is 0 Å². The van der Waals surface area contributed by atoms with E-state index >= 15 is 0 Å². The van der Waals surface area contributed by atoms with E-state index in [0.29, 0.717) is 5.82 Å². The normalized spacial score (nSPS) is 9.67. The van der Waals surface area contributed by atoms with Crippen LogP contribution >= 0.6 is 0 Å². The lowest BCUT2D eigenvalue weighted by Gasteiger charge is -2.04. The van der Waals surface area contributed by atoms with Crippen molar-refractivity contribution in [2.45, 2.75) is 6.92 Å². The van der Waals surface area contributed by atoms with Gasteiger partial charge in [-0.25, -0.2) is 0 Å². The molecule has 66 valence electrons. The van der Waals surface area contributed by atoms with Gasteiger partial charge in [0.2, 0.25) is 5.82 Å². The number of hydrogen-bond donors (Lipinski definition) is 0. The molecule has 0 amide bonds. The highest BCUT2D eigenvalue weighted by Crippen LogP contribution is 2.21. The Morgan fingerprint density at radius 1 is 1.08 bits per heavy atom. The molecule has 0 spiro atoms. The van der Waals surface area contributed by atoms with Crippen molar-refractivity contribution >= 4 is 0 Å². The summed E-state index contributed by atoms with van der Waals surface area (Å²) in [7, 11) is 2.68. The zero-order chi connectivity index (χ0) is 9.14. The van der Waals surface area contributed by atoms with E-state index in [9.17, 15) is 4.39 Å². The molecule has 0 aliphatic carbocycles. The summed E-state index contributed by atoms with van der Waals surface area (Å²) in [5, 5.41) is 0. The molecule has 0 bridgehead atoms. The van der Waals surface area contributed by atoms with Gasteiger partial charge in [-0.3, -0.25) is 0 Å². The van der Waals surface area contributed by atoms with Crippen molar-refractivity contribution in [1.82, 2.24) is 9.97 Å². The number of ether oxygens (including phenoxy) is 2. The lowest BCUT2D eigenvalue weighted by Crippen LogP contribution is -2.01. The van der Waals surface area contributed by atoms with Crippen LogP contribution in [-0.4, -0.2) is 24.2 Å². The molecule has 1 heterocycles. The SMILES string of the molecule is COc1nc(C)nc(OC)c1F. The standard InChI is InChI=1S/C7H9FN2O2/c1-4-9-6(11-2)5(8)7(10-4)12-3/h1-3H3. The van der Waals surface area contributed by atoms with Crippen molar-refractivity contribution < 1.29 is 13.9 Å². The third-order valence-corrected chi connectivity index (χ3v) is 1.29. The van der Waals surface area contributed by atoms with E-state index in [0.717, 1.165) is 0 Å². The predicted molar refractivity (Wildman–Crippen MR) is 39.8 cm³/mol. The molecule has 0 saturated heterocycles. The van der Waals surface area contributed by atoms with Crippen LogP contribution in [0.3, 0.4) is 0 Å². The van der Waals surface area contributed by atoms with E-state index in [1.165, 1.54) is 14.2 Å². The molecule has 5 heteroatoms. The van der Waals surface area contributed by atoms with Crippen LogP contribution in [0.2, 0.25) is 0 Å². The summed E-state index contributed by atoms with van der Waals surface area (Å²) < 4.78 is 22.4. The maximum atomic E-state index is 13.1. The average Bonchev–Trinajstić information content (AvgIpc) is 2.08. The van der Waals surface area contributed by atoms with E-state index in [1.54, 1.807) is 6.92 Å². The molecule has 0 saturated carbocycles. The largest absolute Gasteiger partial charge is 0.479 e. The number of aryl methyl sites for hydroxylation is 1. The zero-order valence-corrected chi connectivity index (χ0v) is 7.09. The molecule has 0 N–H and O–H groups in total. The first kappa shape index (κ1) is 8.70. The number of hydrogen-bond acceptors (Lipinski definition) is 4. The molecule has 1 aromatic heterocycles. The van der Waals surface area contributed by atoms with Crippen LogP contribution < -0.4 is 9.47 Å². The minimum absolute atomic E-state index is 0.0978. The Morgan fingerprint density at radius 3 is 1.83 bits per heavy atom. The summed E-state index contributed by atoms with van der Waals surface area (Å²) >= 11 is 0. The van der Waals surface area contributed by atoms with Gasteiger partial charge in [-0.15, -0.1) is 0 Å². The van der Waals surface area contributed by atoms with Gasteiger partial charge in [-0.05, 0) is 6.92 Å². The third-order valence-electron chi connectivity index (χ3n) is 1.29. The van der Waals surface area contributed by atoms with Crippen molar-refractivity contribution in [3.8, 4) is 11.8 Å². The van der Waals surface area contributed by atoms with Crippen LogP contribution in [0.25, 0.3) is 0 Å². The number of aromatic nitrogens is 2. The molecule has 0 radical (unpaired) electrons. The van der Waals surface area contributed by atoms with Crippen LogP contribution in [0, 0.1) is 12.7 Å². The number of rotatable bonds is 2. The highest BCUT2D eigenvalue weighted by atomic mass is 19.1. The second kappa shape index (κ2) is 3.34. The highest BCUT2D eigenvalue weighted by Gasteiger charge is 2.13. The minimum Gasteiger partial charge on any atom is -0.479 e. The van der Waals surface area contributed by atoms with Gasteiger partial charge in [0, 0.05) is 0 Å². The zero-order valence-electron chi connectivity index (χ0n) is 7.09. The number of methoxy groups -OCH3 is 2. The van der Waals surface area contributed by atoms with Gasteiger partial charge in [0.25, 0.3) is 11.8 Å². The Balaban J connectivity index is 3.22. The Morgan fingerprint density at radius 2 is 1.50 bits per heavy atom. The van der Waals surface area contributed by atoms with E-state index in [2.05, 4.69) is 19.4 Å². The molecule has 0 unspecified atom stereocenters. The second-order valence-electron chi connectivity index (χ2n) is 2.10. The van der Waals surface area contributed by atoms with E-state index < -0.39 is 5.82 Å². The van der Waals surface area contributed by atoms with Crippen LogP contribution in [0.1, 0.15) is 5.82 Å². The molecule has 12 heavy (non-hydrogen) atoms. The van der Waals surface area contributed by atoms with Gasteiger partial charge in [0.15, 0.2) is 0 Å². The smallest absolute Gasteiger partial charge is 0.257 e. The maximum absolute atomic E-state index is 13.1. The molecule has 0 atom stereocenters. The first-order chi connectivity index (χ1) is 5.69. The summed E-state index contributed by atoms with van der Waals surface area (Å²) in [5.41, 5.74) is 0. The Labute approximate surface area is 69.4 Å². The molecule has 0 aromatic carbocycles. The second-order valence-corrected chi connectivity index (χ2v) is 2.10. The van der Waals surface area contributed by atoms with Crippen molar-refractivity contribution in [2.75, 3.05) is 14.2 Å². The highest BCUT2D eigenvalue weighted by molar-refractivity contribution is 5.23. The molecular weight excluding hydrogens is 163 g/mol. The van der Waals surface area contributed by atoms with Gasteiger partial charge in [0.1, 0.15) is 5.82 Å². The van der Waals surface area contributed by atoms with Crippen molar-refractivity contribution in [2.24, 2.45) is 0 Å². The monoisotopic (exact) mass is 172 g/mol. The Hall–Kier alpha value is -1.39. The fourth-order valence-corrected chi connectivity index (χ4v) is 0.779. The summed E-state index contributed by atoms with van der Waals surface area (Å²) in [4.78, 5) is 7.42. The van der Waals surface area contributed by atoms with Gasteiger partial charge in [-0.1, -0.05) is 0 Å². The van der Waals surface area contributed by atoms with E-state index in [-0.39, 0.29) is 11.8 Å². The van der Waals surface area contributed by atoms with Gasteiger partial charge >= 0.3 is 0 Å². The van der Waals surface area contributed by atoms with Crippen LogP contribution in [0.4, 0.5) is 4.39 Å². The van der Waals surface area contributed by atoms with Gasteiger partial charge in [0.05, 0.1) is 14.2 Å². The molecule has 0 fully saturated rings.